The van der Waals surface area contributed by atoms with Gasteiger partial charge in [0.15, 0.2) is 5.65 Å². The van der Waals surface area contributed by atoms with Crippen molar-refractivity contribution >= 4 is 45.8 Å². The molecule has 0 radical (unpaired) electrons. The molecule has 5 aromatic rings. The largest absolute Gasteiger partial charge is 0.383 e. The summed E-state index contributed by atoms with van der Waals surface area (Å²) < 4.78 is 1.33. The highest BCUT2D eigenvalue weighted by Crippen LogP contribution is 2.28. The Morgan fingerprint density at radius 1 is 1.03 bits per heavy atom. The number of hydrogen-bond donors (Lipinski definition) is 2. The standard InChI is InChI=1S/C26H21N7O3/c27-24-22(26(34)28-14-13-17-7-2-1-3-8-17)23-25(31-21-12-5-4-11-20(21)30-23)32(24)29-16-18-9-6-10-19(15-18)33(35)36/h1-12,15-16H,13-14,27H2,(H,28,34)/b29-16+. The van der Waals surface area contributed by atoms with Crippen LogP contribution in [0, 0.1) is 10.1 Å². The van der Waals surface area contributed by atoms with Crippen LogP contribution in [0.15, 0.2) is 84.0 Å². The fourth-order valence-electron chi connectivity index (χ4n) is 3.88. The first-order valence-corrected chi connectivity index (χ1v) is 11.2. The van der Waals surface area contributed by atoms with Crippen molar-refractivity contribution in [1.82, 2.24) is 20.0 Å². The molecule has 0 saturated heterocycles. The van der Waals surface area contributed by atoms with Crippen molar-refractivity contribution in [1.29, 1.82) is 0 Å². The Bertz CT molecular complexity index is 1630. The number of aromatic nitrogens is 3. The topological polar surface area (TPSA) is 141 Å². The fraction of sp³-hybridized carbons (Fsp3) is 0.0769. The van der Waals surface area contributed by atoms with Crippen molar-refractivity contribution in [2.45, 2.75) is 6.42 Å². The number of nitrogens with zero attached hydrogens (tertiary/aromatic N) is 5. The van der Waals surface area contributed by atoms with Gasteiger partial charge >= 0.3 is 0 Å². The van der Waals surface area contributed by atoms with E-state index in [1.54, 1.807) is 24.3 Å². The first-order chi connectivity index (χ1) is 17.5. The van der Waals surface area contributed by atoms with Gasteiger partial charge in [-0.2, -0.15) is 9.78 Å². The Kier molecular flexibility index (Phi) is 6.06. The molecule has 0 atom stereocenters. The van der Waals surface area contributed by atoms with Crippen LogP contribution in [0.3, 0.4) is 0 Å². The lowest BCUT2D eigenvalue weighted by Crippen LogP contribution is -2.26. The highest BCUT2D eigenvalue weighted by Gasteiger charge is 2.24. The van der Waals surface area contributed by atoms with E-state index in [4.69, 9.17) is 5.73 Å². The quantitative estimate of drug-likeness (QED) is 0.206. The number of nitro benzene ring substituents is 1. The molecular formula is C26H21N7O3. The number of amides is 1. The van der Waals surface area contributed by atoms with Crippen LogP contribution in [-0.4, -0.2) is 38.2 Å². The van der Waals surface area contributed by atoms with Gasteiger partial charge in [0.25, 0.3) is 11.6 Å². The van der Waals surface area contributed by atoms with Crippen LogP contribution in [0.2, 0.25) is 0 Å². The molecular weight excluding hydrogens is 458 g/mol. The number of rotatable bonds is 7. The third kappa shape index (κ3) is 4.47. The van der Waals surface area contributed by atoms with Crippen molar-refractivity contribution < 1.29 is 9.72 Å². The number of fused-ring (bicyclic) bond motifs is 2. The van der Waals surface area contributed by atoms with Gasteiger partial charge in [0.2, 0.25) is 0 Å². The van der Waals surface area contributed by atoms with E-state index < -0.39 is 4.92 Å². The van der Waals surface area contributed by atoms with Crippen LogP contribution in [0.4, 0.5) is 11.5 Å². The molecule has 0 aliphatic carbocycles. The third-order valence-corrected chi connectivity index (χ3v) is 5.65. The molecule has 10 heteroatoms. The Labute approximate surface area is 205 Å². The van der Waals surface area contributed by atoms with Crippen LogP contribution in [-0.2, 0) is 6.42 Å². The SMILES string of the molecule is Nc1c(C(=O)NCCc2ccccc2)c2nc3ccccc3nc2n1/N=C/c1cccc([N+](=O)[O-])c1. The van der Waals surface area contributed by atoms with Gasteiger partial charge in [-0.1, -0.05) is 54.6 Å². The summed E-state index contributed by atoms with van der Waals surface area (Å²) in [5, 5.41) is 18.4. The van der Waals surface area contributed by atoms with Crippen molar-refractivity contribution in [2.75, 3.05) is 12.3 Å². The molecule has 0 aliphatic rings. The fourth-order valence-corrected chi connectivity index (χ4v) is 3.88. The third-order valence-electron chi connectivity index (χ3n) is 5.65. The smallest absolute Gasteiger partial charge is 0.270 e. The molecule has 3 aromatic carbocycles. The van der Waals surface area contributed by atoms with E-state index in [0.29, 0.717) is 40.7 Å². The summed E-state index contributed by atoms with van der Waals surface area (Å²) in [7, 11) is 0. The first-order valence-electron chi connectivity index (χ1n) is 11.2. The molecule has 0 bridgehead atoms. The minimum atomic E-state index is -0.480. The van der Waals surface area contributed by atoms with Gasteiger partial charge < -0.3 is 11.1 Å². The minimum Gasteiger partial charge on any atom is -0.383 e. The van der Waals surface area contributed by atoms with Gasteiger partial charge in [-0.15, -0.1) is 0 Å². The lowest BCUT2D eigenvalue weighted by molar-refractivity contribution is -0.384. The summed E-state index contributed by atoms with van der Waals surface area (Å²) >= 11 is 0. The van der Waals surface area contributed by atoms with E-state index in [9.17, 15) is 14.9 Å². The molecule has 3 N–H and O–H groups in total. The number of non-ortho nitro benzene ring substituents is 1. The molecule has 0 fully saturated rings. The molecule has 0 unspecified atom stereocenters. The van der Waals surface area contributed by atoms with Crippen LogP contribution >= 0.6 is 0 Å². The van der Waals surface area contributed by atoms with Crippen molar-refractivity contribution in [2.24, 2.45) is 5.10 Å². The highest BCUT2D eigenvalue weighted by atomic mass is 16.6. The van der Waals surface area contributed by atoms with Gasteiger partial charge in [0.05, 0.1) is 22.2 Å². The maximum Gasteiger partial charge on any atom is 0.270 e. The van der Waals surface area contributed by atoms with Crippen LogP contribution < -0.4 is 11.1 Å². The Morgan fingerprint density at radius 2 is 1.75 bits per heavy atom. The monoisotopic (exact) mass is 479 g/mol. The number of para-hydroxylation sites is 2. The van der Waals surface area contributed by atoms with E-state index in [1.165, 1.54) is 23.0 Å². The predicted octanol–water partition coefficient (Wildman–Crippen LogP) is 3.93. The molecule has 0 spiro atoms. The Balaban J connectivity index is 1.54. The molecule has 10 nitrogen and oxygen atoms in total. The average Bonchev–Trinajstić information content (AvgIpc) is 3.16. The summed E-state index contributed by atoms with van der Waals surface area (Å²) in [6.07, 6.45) is 2.08. The predicted molar refractivity (Wildman–Crippen MR) is 138 cm³/mol. The van der Waals surface area contributed by atoms with E-state index in [2.05, 4.69) is 20.4 Å². The van der Waals surface area contributed by atoms with Crippen molar-refractivity contribution in [3.63, 3.8) is 0 Å². The van der Waals surface area contributed by atoms with E-state index in [1.807, 2.05) is 42.5 Å². The van der Waals surface area contributed by atoms with Gasteiger partial charge in [-0.05, 0) is 24.1 Å². The first kappa shape index (κ1) is 22.7. The van der Waals surface area contributed by atoms with E-state index in [-0.39, 0.29) is 23.0 Å². The van der Waals surface area contributed by atoms with Crippen molar-refractivity contribution in [3.05, 3.63) is 106 Å². The highest BCUT2D eigenvalue weighted by molar-refractivity contribution is 6.10. The maximum atomic E-state index is 13.2. The molecule has 178 valence electrons. The zero-order chi connectivity index (χ0) is 25.1. The Morgan fingerprint density at radius 3 is 2.50 bits per heavy atom. The zero-order valence-corrected chi connectivity index (χ0v) is 19.0. The number of nitrogens with two attached hydrogens (primary N) is 1. The lowest BCUT2D eigenvalue weighted by Gasteiger charge is -2.05. The second kappa shape index (κ2) is 9.63. The zero-order valence-electron chi connectivity index (χ0n) is 19.0. The number of nitro groups is 1. The summed E-state index contributed by atoms with van der Waals surface area (Å²) in [4.78, 5) is 33.1. The number of carbonyl (C=O) groups is 1. The lowest BCUT2D eigenvalue weighted by atomic mass is 10.1. The molecule has 0 aliphatic heterocycles. The maximum absolute atomic E-state index is 13.2. The van der Waals surface area contributed by atoms with Crippen LogP contribution in [0.1, 0.15) is 21.5 Å². The molecule has 2 heterocycles. The minimum absolute atomic E-state index is 0.0615. The van der Waals surface area contributed by atoms with Gasteiger partial charge in [-0.3, -0.25) is 14.9 Å². The Hall–Kier alpha value is -5.12. The molecule has 36 heavy (non-hydrogen) atoms. The van der Waals surface area contributed by atoms with Gasteiger partial charge in [0, 0.05) is 24.2 Å². The van der Waals surface area contributed by atoms with Crippen LogP contribution in [0.5, 0.6) is 0 Å². The summed E-state index contributed by atoms with van der Waals surface area (Å²) in [6, 6.07) is 23.1. The normalized spacial score (nSPS) is 11.3. The molecule has 5 rings (SSSR count). The number of anilines is 1. The summed E-state index contributed by atoms with van der Waals surface area (Å²) in [5.74, 6) is -0.318. The summed E-state index contributed by atoms with van der Waals surface area (Å²) in [6.45, 7) is 0.410. The number of benzene rings is 3. The number of carbonyl (C=O) groups excluding carboxylic acids is 1. The molecule has 1 amide bonds. The van der Waals surface area contributed by atoms with Crippen molar-refractivity contribution in [3.8, 4) is 0 Å². The second-order valence-electron chi connectivity index (χ2n) is 8.04. The van der Waals surface area contributed by atoms with Gasteiger partial charge in [0.1, 0.15) is 16.9 Å². The number of nitrogens with one attached hydrogen (secondary N) is 1. The molecule has 0 saturated carbocycles. The van der Waals surface area contributed by atoms with E-state index in [0.717, 1.165) is 5.56 Å². The van der Waals surface area contributed by atoms with Gasteiger partial charge in [-0.25, -0.2) is 9.97 Å². The molecule has 2 aromatic heterocycles. The van der Waals surface area contributed by atoms with Crippen LogP contribution in [0.25, 0.3) is 22.2 Å². The summed E-state index contributed by atoms with van der Waals surface area (Å²) in [5.41, 5.74) is 9.96. The van der Waals surface area contributed by atoms with E-state index >= 15 is 0 Å². The number of nitrogen functional groups attached to an aromatic ring is 1. The average molecular weight is 480 g/mol. The second-order valence-corrected chi connectivity index (χ2v) is 8.04. The number of hydrogen-bond acceptors (Lipinski definition) is 7.